The molecular formula is C20H25N4O4+. The van der Waals surface area contributed by atoms with Crippen molar-refractivity contribution >= 4 is 5.84 Å². The predicted octanol–water partition coefficient (Wildman–Crippen LogP) is 0.173. The molecule has 0 radical (unpaired) electrons. The van der Waals surface area contributed by atoms with E-state index in [0.717, 1.165) is 0 Å². The molecule has 0 spiro atoms. The third-order valence-electron chi connectivity index (χ3n) is 6.17. The zero-order chi connectivity index (χ0) is 20.8. The number of nitrogens with one attached hydrogen (secondary N) is 1. The fourth-order valence-corrected chi connectivity index (χ4v) is 5.00. The highest BCUT2D eigenvalue weighted by Gasteiger charge is 3.03. The molecule has 148 valence electrons. The number of rotatable bonds is 7. The molecule has 1 fully saturated rings. The van der Waals surface area contributed by atoms with E-state index >= 15 is 0 Å². The average molecular weight is 385 g/mol. The minimum atomic E-state index is -1.56. The van der Waals surface area contributed by atoms with Gasteiger partial charge in [-0.2, -0.15) is 10.5 Å². The van der Waals surface area contributed by atoms with Crippen LogP contribution in [0.5, 0.6) is 11.5 Å². The van der Waals surface area contributed by atoms with Crippen molar-refractivity contribution < 1.29 is 23.9 Å². The molecule has 0 aromatic heterocycles. The van der Waals surface area contributed by atoms with E-state index in [1.54, 1.807) is 39.2 Å². The summed E-state index contributed by atoms with van der Waals surface area (Å²) in [6.45, 7) is 5.92. The smallest absolute Gasteiger partial charge is 0.343 e. The molecule has 1 heterocycles. The molecule has 0 unspecified atom stereocenters. The Hall–Kier alpha value is -2.81. The summed E-state index contributed by atoms with van der Waals surface area (Å²) in [5.74, 6) is -0.316. The van der Waals surface area contributed by atoms with Crippen LogP contribution in [0.2, 0.25) is 0 Å². The number of hydrogen-bond acceptors (Lipinski definition) is 7. The van der Waals surface area contributed by atoms with Crippen LogP contribution in [0.1, 0.15) is 26.3 Å². The second-order valence-corrected chi connectivity index (χ2v) is 6.94. The normalized spacial score (nSPS) is 31.9. The van der Waals surface area contributed by atoms with Crippen molar-refractivity contribution in [3.8, 4) is 23.6 Å². The van der Waals surface area contributed by atoms with Gasteiger partial charge in [-0.15, -0.1) is 0 Å². The first-order valence-corrected chi connectivity index (χ1v) is 9.10. The highest BCUT2D eigenvalue weighted by Crippen LogP contribution is 2.83. The van der Waals surface area contributed by atoms with Crippen molar-refractivity contribution in [2.45, 2.75) is 32.1 Å². The summed E-state index contributed by atoms with van der Waals surface area (Å²) in [4.78, 5) is 2.98. The summed E-state index contributed by atoms with van der Waals surface area (Å²) in [5, 5.41) is 20.7. The zero-order valence-electron chi connectivity index (χ0n) is 16.8. The fraction of sp³-hybridized carbons (Fsp3) is 0.550. The maximum atomic E-state index is 10.4. The molecule has 0 bridgehead atoms. The van der Waals surface area contributed by atoms with Gasteiger partial charge in [0.25, 0.3) is 5.84 Å². The molecule has 3 rings (SSSR count). The third kappa shape index (κ3) is 1.82. The molecule has 1 aliphatic heterocycles. The van der Waals surface area contributed by atoms with Crippen molar-refractivity contribution in [2.75, 3.05) is 27.4 Å². The van der Waals surface area contributed by atoms with Gasteiger partial charge in [0.1, 0.15) is 11.5 Å². The molecule has 1 saturated carbocycles. The number of methoxy groups -OCH3 is 2. The average Bonchev–Trinajstić information content (AvgIpc) is 3.13. The molecule has 3 N–H and O–H groups in total. The number of hydrogen-bond donors (Lipinski definition) is 2. The van der Waals surface area contributed by atoms with Gasteiger partial charge in [0, 0.05) is 5.56 Å². The molecule has 8 heteroatoms. The maximum Gasteiger partial charge on any atom is 0.343 e. The predicted molar refractivity (Wildman–Crippen MR) is 99.1 cm³/mol. The van der Waals surface area contributed by atoms with Crippen LogP contribution >= 0.6 is 0 Å². The van der Waals surface area contributed by atoms with Crippen molar-refractivity contribution in [2.24, 2.45) is 16.6 Å². The number of fused-ring (bicyclic) bond motifs is 1. The van der Waals surface area contributed by atoms with Gasteiger partial charge in [0.05, 0.1) is 45.0 Å². The summed E-state index contributed by atoms with van der Waals surface area (Å²) in [5.41, 5.74) is 3.09. The summed E-state index contributed by atoms with van der Waals surface area (Å²) in [6.07, 6.45) is 0. The monoisotopic (exact) mass is 385 g/mol. The molecular weight excluding hydrogens is 360 g/mol. The third-order valence-corrected chi connectivity index (χ3v) is 6.17. The molecule has 3 atom stereocenters. The van der Waals surface area contributed by atoms with Crippen molar-refractivity contribution in [3.05, 3.63) is 23.8 Å². The SMILES string of the molecule is CCOC1(OCC)[NH+]=C(N)[C@@]2(C#N)[C@@](C)(c3cc(OC)ccc3OC)[C@@]12C#N. The van der Waals surface area contributed by atoms with Gasteiger partial charge in [0.2, 0.25) is 0 Å². The summed E-state index contributed by atoms with van der Waals surface area (Å²) in [7, 11) is 3.09. The summed E-state index contributed by atoms with van der Waals surface area (Å²) in [6, 6.07) is 9.92. The number of amidine groups is 1. The molecule has 2 aliphatic rings. The Balaban J connectivity index is 2.37. The van der Waals surface area contributed by atoms with Crippen LogP contribution in [0.25, 0.3) is 0 Å². The molecule has 0 saturated heterocycles. The number of nitrogens with zero attached hydrogens (tertiary/aromatic N) is 2. The molecule has 1 aromatic carbocycles. The van der Waals surface area contributed by atoms with Crippen LogP contribution in [0.15, 0.2) is 18.2 Å². The standard InChI is InChI=1S/C20H24N4O4/c1-6-27-20(28-7-2)19(12-22)17(3,18(19,11-21)16(23)24-20)14-10-13(25-4)8-9-15(14)26-5/h8-10H,6-7H2,1-5H3,(H2,23,24)/p+1/t17-,18+,19-/m1/s1. The van der Waals surface area contributed by atoms with Gasteiger partial charge < -0.3 is 18.9 Å². The van der Waals surface area contributed by atoms with Crippen LogP contribution in [0.4, 0.5) is 0 Å². The van der Waals surface area contributed by atoms with Crippen molar-refractivity contribution in [1.82, 2.24) is 0 Å². The molecule has 28 heavy (non-hydrogen) atoms. The Bertz CT molecular complexity index is 912. The molecule has 0 amide bonds. The lowest BCUT2D eigenvalue weighted by atomic mass is 9.83. The Kier molecular flexibility index (Phi) is 4.54. The van der Waals surface area contributed by atoms with Crippen molar-refractivity contribution in [1.29, 1.82) is 10.5 Å². The number of nitrogens with two attached hydrogens (primary N) is 1. The molecule has 1 aliphatic carbocycles. The van der Waals surface area contributed by atoms with Gasteiger partial charge in [-0.3, -0.25) is 5.73 Å². The van der Waals surface area contributed by atoms with Crippen LogP contribution in [-0.4, -0.2) is 39.2 Å². The van der Waals surface area contributed by atoms with Crippen LogP contribution in [0.3, 0.4) is 0 Å². The minimum Gasteiger partial charge on any atom is -0.497 e. The lowest BCUT2D eigenvalue weighted by Crippen LogP contribution is -2.91. The Morgan fingerprint density at radius 3 is 2.18 bits per heavy atom. The lowest BCUT2D eigenvalue weighted by molar-refractivity contribution is -0.694. The largest absolute Gasteiger partial charge is 0.497 e. The topological polar surface area (TPSA) is 124 Å². The van der Waals surface area contributed by atoms with Crippen LogP contribution in [-0.2, 0) is 14.9 Å². The van der Waals surface area contributed by atoms with E-state index in [2.05, 4.69) is 17.1 Å². The number of nitriles is 2. The Labute approximate surface area is 164 Å². The lowest BCUT2D eigenvalue weighted by Gasteiger charge is -2.32. The van der Waals surface area contributed by atoms with E-state index in [0.29, 0.717) is 17.1 Å². The van der Waals surface area contributed by atoms with E-state index in [-0.39, 0.29) is 19.0 Å². The minimum absolute atomic E-state index is 0.144. The van der Waals surface area contributed by atoms with E-state index in [1.165, 1.54) is 7.11 Å². The van der Waals surface area contributed by atoms with E-state index in [4.69, 9.17) is 24.7 Å². The first kappa shape index (κ1) is 19.9. The van der Waals surface area contributed by atoms with Crippen LogP contribution < -0.4 is 20.2 Å². The van der Waals surface area contributed by atoms with Gasteiger partial charge in [-0.05, 0) is 32.0 Å². The zero-order valence-corrected chi connectivity index (χ0v) is 16.8. The molecule has 1 aromatic rings. The first-order chi connectivity index (χ1) is 13.4. The highest BCUT2D eigenvalue weighted by molar-refractivity contribution is 5.97. The second kappa shape index (κ2) is 6.37. The van der Waals surface area contributed by atoms with Gasteiger partial charge in [-0.1, -0.05) is 6.92 Å². The summed E-state index contributed by atoms with van der Waals surface area (Å²) < 4.78 is 22.8. The Morgan fingerprint density at radius 1 is 1.07 bits per heavy atom. The summed E-state index contributed by atoms with van der Waals surface area (Å²) >= 11 is 0. The van der Waals surface area contributed by atoms with E-state index < -0.39 is 22.2 Å². The maximum absolute atomic E-state index is 10.4. The van der Waals surface area contributed by atoms with Gasteiger partial charge in [0.15, 0.2) is 10.8 Å². The number of ether oxygens (including phenoxy) is 4. The van der Waals surface area contributed by atoms with E-state index in [1.807, 2.05) is 6.92 Å². The van der Waals surface area contributed by atoms with Gasteiger partial charge >= 0.3 is 5.91 Å². The first-order valence-electron chi connectivity index (χ1n) is 9.10. The van der Waals surface area contributed by atoms with E-state index in [9.17, 15) is 10.5 Å². The fourth-order valence-electron chi connectivity index (χ4n) is 5.00. The Morgan fingerprint density at radius 2 is 1.71 bits per heavy atom. The number of benzene rings is 1. The van der Waals surface area contributed by atoms with Crippen molar-refractivity contribution in [3.63, 3.8) is 0 Å². The second-order valence-electron chi connectivity index (χ2n) is 6.94. The van der Waals surface area contributed by atoms with Crippen LogP contribution in [0, 0.1) is 33.5 Å². The highest BCUT2D eigenvalue weighted by atomic mass is 16.7. The van der Waals surface area contributed by atoms with Gasteiger partial charge in [-0.25, -0.2) is 4.99 Å². The molecule has 8 nitrogen and oxygen atoms in total. The quantitative estimate of drug-likeness (QED) is 0.641.